The largest absolute Gasteiger partial charge is 0.478 e. The third kappa shape index (κ3) is 3.08. The topological polar surface area (TPSA) is 66.3 Å². The Labute approximate surface area is 101 Å². The van der Waals surface area contributed by atoms with E-state index in [1.165, 1.54) is 6.92 Å². The first-order chi connectivity index (χ1) is 8.13. The van der Waals surface area contributed by atoms with Gasteiger partial charge >= 0.3 is 12.1 Å². The van der Waals surface area contributed by atoms with Gasteiger partial charge in [-0.2, -0.15) is 18.3 Å². The highest BCUT2D eigenvalue weighted by Crippen LogP contribution is 2.24. The number of aromatic nitrogens is 2. The lowest BCUT2D eigenvalue weighted by Gasteiger charge is -2.21. The first-order valence-electron chi connectivity index (χ1n) is 4.98. The summed E-state index contributed by atoms with van der Waals surface area (Å²) in [4.78, 5) is 11.8. The van der Waals surface area contributed by atoms with Crippen molar-refractivity contribution in [2.75, 3.05) is 18.5 Å². The molecule has 1 aromatic rings. The van der Waals surface area contributed by atoms with E-state index in [0.29, 0.717) is 11.3 Å². The molecule has 0 saturated heterocycles. The van der Waals surface area contributed by atoms with Crippen molar-refractivity contribution in [3.8, 4) is 0 Å². The zero-order valence-corrected chi connectivity index (χ0v) is 10.0. The molecule has 0 aliphatic rings. The van der Waals surface area contributed by atoms with Gasteiger partial charge in [-0.1, -0.05) is 0 Å². The zero-order valence-electron chi connectivity index (χ0n) is 10.0. The van der Waals surface area contributed by atoms with Crippen LogP contribution < -0.4 is 4.90 Å². The Hall–Kier alpha value is -1.86. The van der Waals surface area contributed by atoms with Crippen LogP contribution in [0.3, 0.4) is 0 Å². The number of halogens is 3. The predicted molar refractivity (Wildman–Crippen MR) is 57.8 cm³/mol. The molecule has 0 aliphatic carbocycles. The summed E-state index contributed by atoms with van der Waals surface area (Å²) < 4.78 is 36.8. The smallest absolute Gasteiger partial charge is 0.405 e. The number of carboxylic acids is 1. The number of aromatic carboxylic acids is 1. The molecule has 0 fully saturated rings. The minimum absolute atomic E-state index is 0.255. The number of nitrogens with zero attached hydrogens (tertiary/aromatic N) is 3. The third-order valence-electron chi connectivity index (χ3n) is 2.43. The molecule has 1 heterocycles. The van der Waals surface area contributed by atoms with Crippen molar-refractivity contribution in [3.05, 3.63) is 16.8 Å². The molecule has 5 nitrogen and oxygen atoms in total. The number of rotatable bonds is 3. The standard InChI is InChI=1S/C10H12F3N3O2/c1-5-6(2)14-15-8(7(5)9(17)18)16(3)4-10(11,12)13/h4H2,1-3H3,(H,17,18). The number of hydrogen-bond donors (Lipinski definition) is 1. The van der Waals surface area contributed by atoms with Crippen LogP contribution in [-0.2, 0) is 0 Å². The van der Waals surface area contributed by atoms with Gasteiger partial charge in [0.25, 0.3) is 0 Å². The maximum atomic E-state index is 12.3. The van der Waals surface area contributed by atoms with Gasteiger partial charge in [0.15, 0.2) is 5.82 Å². The van der Waals surface area contributed by atoms with Crippen molar-refractivity contribution in [1.82, 2.24) is 10.2 Å². The third-order valence-corrected chi connectivity index (χ3v) is 2.43. The van der Waals surface area contributed by atoms with Crippen LogP contribution in [0.15, 0.2) is 0 Å². The molecular weight excluding hydrogens is 251 g/mol. The molecule has 0 bridgehead atoms. The summed E-state index contributed by atoms with van der Waals surface area (Å²) in [7, 11) is 1.12. The second kappa shape index (κ2) is 4.79. The Morgan fingerprint density at radius 3 is 2.33 bits per heavy atom. The maximum Gasteiger partial charge on any atom is 0.405 e. The van der Waals surface area contributed by atoms with Crippen LogP contribution in [0.4, 0.5) is 19.0 Å². The van der Waals surface area contributed by atoms with Crippen molar-refractivity contribution >= 4 is 11.8 Å². The summed E-state index contributed by atoms with van der Waals surface area (Å²) in [6, 6.07) is 0. The lowest BCUT2D eigenvalue weighted by Crippen LogP contribution is -2.33. The van der Waals surface area contributed by atoms with Crippen LogP contribution in [0.25, 0.3) is 0 Å². The van der Waals surface area contributed by atoms with E-state index in [2.05, 4.69) is 10.2 Å². The second-order valence-electron chi connectivity index (χ2n) is 3.89. The Morgan fingerprint density at radius 1 is 1.33 bits per heavy atom. The number of alkyl halides is 3. The molecular formula is C10H12F3N3O2. The van der Waals surface area contributed by atoms with Crippen LogP contribution in [0, 0.1) is 13.8 Å². The van der Waals surface area contributed by atoms with Gasteiger partial charge < -0.3 is 10.0 Å². The number of carboxylic acid groups (broad SMARTS) is 1. The molecule has 1 rings (SSSR count). The van der Waals surface area contributed by atoms with Gasteiger partial charge in [0.2, 0.25) is 0 Å². The SMILES string of the molecule is Cc1nnc(N(C)CC(F)(F)F)c(C(=O)O)c1C. The first kappa shape index (κ1) is 14.2. The molecule has 1 N–H and O–H groups in total. The van der Waals surface area contributed by atoms with E-state index >= 15 is 0 Å². The van der Waals surface area contributed by atoms with E-state index in [0.717, 1.165) is 11.9 Å². The highest BCUT2D eigenvalue weighted by atomic mass is 19.4. The lowest BCUT2D eigenvalue weighted by atomic mass is 10.1. The normalized spacial score (nSPS) is 11.4. The average molecular weight is 263 g/mol. The highest BCUT2D eigenvalue weighted by Gasteiger charge is 2.32. The number of aryl methyl sites for hydroxylation is 1. The summed E-state index contributed by atoms with van der Waals surface area (Å²) in [5.41, 5.74) is 0.423. The van der Waals surface area contributed by atoms with Gasteiger partial charge in [0.1, 0.15) is 12.1 Å². The van der Waals surface area contributed by atoms with Crippen molar-refractivity contribution in [3.63, 3.8) is 0 Å². The molecule has 100 valence electrons. The van der Waals surface area contributed by atoms with Crippen LogP contribution in [0.1, 0.15) is 21.6 Å². The number of anilines is 1. The maximum absolute atomic E-state index is 12.3. The van der Waals surface area contributed by atoms with Gasteiger partial charge in [-0.05, 0) is 19.4 Å². The molecule has 0 radical (unpaired) electrons. The van der Waals surface area contributed by atoms with E-state index in [9.17, 15) is 18.0 Å². The van der Waals surface area contributed by atoms with Gasteiger partial charge in [0.05, 0.1) is 5.69 Å². The second-order valence-corrected chi connectivity index (χ2v) is 3.89. The summed E-state index contributed by atoms with van der Waals surface area (Å²) in [6.07, 6.45) is -4.44. The minimum Gasteiger partial charge on any atom is -0.478 e. The highest BCUT2D eigenvalue weighted by molar-refractivity contribution is 5.95. The Kier molecular flexibility index (Phi) is 3.78. The fraction of sp³-hybridized carbons (Fsp3) is 0.500. The molecule has 18 heavy (non-hydrogen) atoms. The molecule has 0 aliphatic heterocycles. The van der Waals surface area contributed by atoms with Crippen molar-refractivity contribution in [2.24, 2.45) is 0 Å². The fourth-order valence-corrected chi connectivity index (χ4v) is 1.46. The minimum atomic E-state index is -4.44. The van der Waals surface area contributed by atoms with E-state index < -0.39 is 18.7 Å². The van der Waals surface area contributed by atoms with Crippen LogP contribution in [0.2, 0.25) is 0 Å². The Morgan fingerprint density at radius 2 is 1.89 bits per heavy atom. The molecule has 8 heteroatoms. The summed E-state index contributed by atoms with van der Waals surface area (Å²) in [6.45, 7) is 1.74. The summed E-state index contributed by atoms with van der Waals surface area (Å²) in [5.74, 6) is -1.61. The van der Waals surface area contributed by atoms with E-state index in [1.807, 2.05) is 0 Å². The van der Waals surface area contributed by atoms with E-state index in [1.54, 1.807) is 6.92 Å². The summed E-state index contributed by atoms with van der Waals surface area (Å²) in [5, 5.41) is 16.2. The quantitative estimate of drug-likeness (QED) is 0.900. The predicted octanol–water partition coefficient (Wildman–Crippen LogP) is 1.79. The molecule has 0 saturated carbocycles. The van der Waals surface area contributed by atoms with Gasteiger partial charge in [-0.3, -0.25) is 0 Å². The van der Waals surface area contributed by atoms with Crippen molar-refractivity contribution in [1.29, 1.82) is 0 Å². The van der Waals surface area contributed by atoms with Crippen LogP contribution in [-0.4, -0.2) is 41.0 Å². The molecule has 1 aromatic heterocycles. The van der Waals surface area contributed by atoms with Gasteiger partial charge in [0, 0.05) is 7.05 Å². The Bertz CT molecular complexity index is 474. The Balaban J connectivity index is 3.24. The van der Waals surface area contributed by atoms with E-state index in [4.69, 9.17) is 5.11 Å². The van der Waals surface area contributed by atoms with Crippen molar-refractivity contribution in [2.45, 2.75) is 20.0 Å². The first-order valence-corrected chi connectivity index (χ1v) is 4.98. The fourth-order valence-electron chi connectivity index (χ4n) is 1.46. The van der Waals surface area contributed by atoms with Crippen molar-refractivity contribution < 1.29 is 23.1 Å². The van der Waals surface area contributed by atoms with Crippen LogP contribution >= 0.6 is 0 Å². The number of carbonyl (C=O) groups is 1. The molecule has 0 aromatic carbocycles. The molecule has 0 unspecified atom stereocenters. The van der Waals surface area contributed by atoms with Gasteiger partial charge in [-0.25, -0.2) is 4.79 Å². The molecule has 0 spiro atoms. The zero-order chi connectivity index (χ0) is 14.1. The number of hydrogen-bond acceptors (Lipinski definition) is 4. The average Bonchev–Trinajstić information content (AvgIpc) is 2.18. The molecule has 0 amide bonds. The van der Waals surface area contributed by atoms with Crippen LogP contribution in [0.5, 0.6) is 0 Å². The lowest BCUT2D eigenvalue weighted by molar-refractivity contribution is -0.119. The van der Waals surface area contributed by atoms with E-state index in [-0.39, 0.29) is 11.4 Å². The summed E-state index contributed by atoms with van der Waals surface area (Å²) >= 11 is 0. The van der Waals surface area contributed by atoms with Gasteiger partial charge in [-0.15, -0.1) is 5.10 Å². The molecule has 0 atom stereocenters. The monoisotopic (exact) mass is 263 g/mol.